The summed E-state index contributed by atoms with van der Waals surface area (Å²) in [7, 11) is 0. The molecule has 92 valence electrons. The topological polar surface area (TPSA) is 29.1 Å². The van der Waals surface area contributed by atoms with E-state index in [4.69, 9.17) is 0 Å². The second-order valence-corrected chi connectivity index (χ2v) is 5.51. The Kier molecular flexibility index (Phi) is 4.01. The van der Waals surface area contributed by atoms with Gasteiger partial charge < -0.3 is 5.32 Å². The molecule has 0 saturated carbocycles. The van der Waals surface area contributed by atoms with Gasteiger partial charge in [-0.15, -0.1) is 0 Å². The van der Waals surface area contributed by atoms with E-state index in [1.807, 2.05) is 56.3 Å². The summed E-state index contributed by atoms with van der Waals surface area (Å²) in [6, 6.07) is 13.5. The molecule has 0 atom stereocenters. The molecule has 18 heavy (non-hydrogen) atoms. The average Bonchev–Trinajstić information content (AvgIpc) is 2.35. The normalized spacial score (nSPS) is 10.2. The van der Waals surface area contributed by atoms with E-state index in [2.05, 4.69) is 27.9 Å². The minimum Gasteiger partial charge on any atom is -0.322 e. The number of aryl methyl sites for hydroxylation is 2. The first-order valence-electron chi connectivity index (χ1n) is 5.70. The van der Waals surface area contributed by atoms with E-state index in [1.165, 1.54) is 5.56 Å². The van der Waals surface area contributed by atoms with Gasteiger partial charge in [0.05, 0.1) is 0 Å². The molecule has 3 heteroatoms. The van der Waals surface area contributed by atoms with Crippen molar-refractivity contribution in [3.05, 3.63) is 62.7 Å². The fourth-order valence-electron chi connectivity index (χ4n) is 1.62. The molecule has 1 amide bonds. The van der Waals surface area contributed by atoms with Crippen LogP contribution >= 0.6 is 22.6 Å². The molecule has 2 aromatic carbocycles. The van der Waals surface area contributed by atoms with Crippen LogP contribution < -0.4 is 5.32 Å². The molecule has 0 aliphatic heterocycles. The molecule has 0 heterocycles. The summed E-state index contributed by atoms with van der Waals surface area (Å²) >= 11 is 2.24. The summed E-state index contributed by atoms with van der Waals surface area (Å²) in [5.74, 6) is -0.0701. The summed E-state index contributed by atoms with van der Waals surface area (Å²) in [6.07, 6.45) is 0. The van der Waals surface area contributed by atoms with Crippen LogP contribution in [0, 0.1) is 17.4 Å². The van der Waals surface area contributed by atoms with E-state index in [0.717, 1.165) is 14.8 Å². The highest BCUT2D eigenvalue weighted by atomic mass is 127. The molecule has 0 unspecified atom stereocenters. The molecular weight excluding hydrogens is 337 g/mol. The number of amides is 1. The first-order chi connectivity index (χ1) is 8.56. The maximum absolute atomic E-state index is 12.0. The van der Waals surface area contributed by atoms with Crippen molar-refractivity contribution in [1.82, 2.24) is 0 Å². The lowest BCUT2D eigenvalue weighted by atomic mass is 10.1. The number of benzene rings is 2. The molecule has 2 nitrogen and oxygen atoms in total. The van der Waals surface area contributed by atoms with E-state index >= 15 is 0 Å². The smallest absolute Gasteiger partial charge is 0.255 e. The van der Waals surface area contributed by atoms with Gasteiger partial charge in [0.2, 0.25) is 0 Å². The Morgan fingerprint density at radius 1 is 1.00 bits per heavy atom. The first-order valence-corrected chi connectivity index (χ1v) is 6.78. The zero-order valence-corrected chi connectivity index (χ0v) is 12.5. The van der Waals surface area contributed by atoms with Crippen LogP contribution in [0.5, 0.6) is 0 Å². The number of rotatable bonds is 2. The molecule has 0 spiro atoms. The van der Waals surface area contributed by atoms with Crippen molar-refractivity contribution in [1.29, 1.82) is 0 Å². The monoisotopic (exact) mass is 351 g/mol. The minimum absolute atomic E-state index is 0.0701. The standard InChI is InChI=1S/C15H14INO/c1-10-3-4-12(9-11(10)2)15(18)17-14-7-5-13(16)6-8-14/h3-9H,1-2H3,(H,17,18). The maximum Gasteiger partial charge on any atom is 0.255 e. The number of halogens is 1. The van der Waals surface area contributed by atoms with Gasteiger partial charge in [-0.05, 0) is 84.0 Å². The summed E-state index contributed by atoms with van der Waals surface area (Å²) in [6.45, 7) is 4.05. The summed E-state index contributed by atoms with van der Waals surface area (Å²) < 4.78 is 1.15. The molecular formula is C15H14INO. The van der Waals surface area contributed by atoms with Crippen molar-refractivity contribution >= 4 is 34.2 Å². The lowest BCUT2D eigenvalue weighted by molar-refractivity contribution is 0.102. The highest BCUT2D eigenvalue weighted by Crippen LogP contribution is 2.14. The summed E-state index contributed by atoms with van der Waals surface area (Å²) in [5.41, 5.74) is 3.83. The SMILES string of the molecule is Cc1ccc(C(=O)Nc2ccc(I)cc2)cc1C. The van der Waals surface area contributed by atoms with Crippen LogP contribution in [-0.4, -0.2) is 5.91 Å². The second kappa shape index (κ2) is 5.52. The zero-order chi connectivity index (χ0) is 13.1. The number of hydrogen-bond donors (Lipinski definition) is 1. The molecule has 0 fully saturated rings. The van der Waals surface area contributed by atoms with Crippen LogP contribution in [0.4, 0.5) is 5.69 Å². The van der Waals surface area contributed by atoms with Gasteiger partial charge in [-0.2, -0.15) is 0 Å². The van der Waals surface area contributed by atoms with Crippen LogP contribution in [0.2, 0.25) is 0 Å². The van der Waals surface area contributed by atoms with Gasteiger partial charge in [0.25, 0.3) is 5.91 Å². The minimum atomic E-state index is -0.0701. The van der Waals surface area contributed by atoms with E-state index in [1.54, 1.807) is 0 Å². The first kappa shape index (κ1) is 13.1. The molecule has 0 aliphatic carbocycles. The zero-order valence-electron chi connectivity index (χ0n) is 10.3. The van der Waals surface area contributed by atoms with Gasteiger partial charge in [-0.1, -0.05) is 6.07 Å². The largest absolute Gasteiger partial charge is 0.322 e. The Morgan fingerprint density at radius 2 is 1.67 bits per heavy atom. The van der Waals surface area contributed by atoms with E-state index < -0.39 is 0 Å². The Morgan fingerprint density at radius 3 is 2.28 bits per heavy atom. The van der Waals surface area contributed by atoms with Crippen LogP contribution in [0.15, 0.2) is 42.5 Å². The van der Waals surface area contributed by atoms with Crippen molar-refractivity contribution in [2.45, 2.75) is 13.8 Å². The quantitative estimate of drug-likeness (QED) is 0.809. The lowest BCUT2D eigenvalue weighted by Gasteiger charge is -2.07. The maximum atomic E-state index is 12.0. The Bertz CT molecular complexity index is 576. The molecule has 0 radical (unpaired) electrons. The Hall–Kier alpha value is -1.36. The van der Waals surface area contributed by atoms with Gasteiger partial charge in [0, 0.05) is 14.8 Å². The van der Waals surface area contributed by atoms with Crippen LogP contribution in [0.1, 0.15) is 21.5 Å². The third kappa shape index (κ3) is 3.10. The van der Waals surface area contributed by atoms with Crippen LogP contribution in [0.3, 0.4) is 0 Å². The Labute approximate surface area is 121 Å². The fraction of sp³-hybridized carbons (Fsp3) is 0.133. The van der Waals surface area contributed by atoms with Crippen molar-refractivity contribution in [2.75, 3.05) is 5.32 Å². The number of carbonyl (C=O) groups is 1. The van der Waals surface area contributed by atoms with Crippen molar-refractivity contribution in [3.8, 4) is 0 Å². The molecule has 0 bridgehead atoms. The molecule has 2 aromatic rings. The van der Waals surface area contributed by atoms with Gasteiger partial charge in [0.15, 0.2) is 0 Å². The predicted molar refractivity (Wildman–Crippen MR) is 83.0 cm³/mol. The molecule has 1 N–H and O–H groups in total. The third-order valence-electron chi connectivity index (χ3n) is 2.87. The van der Waals surface area contributed by atoms with E-state index in [9.17, 15) is 4.79 Å². The van der Waals surface area contributed by atoms with Gasteiger partial charge in [-0.3, -0.25) is 4.79 Å². The molecule has 2 rings (SSSR count). The van der Waals surface area contributed by atoms with E-state index in [0.29, 0.717) is 5.56 Å². The van der Waals surface area contributed by atoms with Gasteiger partial charge >= 0.3 is 0 Å². The highest BCUT2D eigenvalue weighted by molar-refractivity contribution is 14.1. The van der Waals surface area contributed by atoms with Crippen molar-refractivity contribution < 1.29 is 4.79 Å². The number of anilines is 1. The van der Waals surface area contributed by atoms with Crippen LogP contribution in [-0.2, 0) is 0 Å². The lowest BCUT2D eigenvalue weighted by Crippen LogP contribution is -2.12. The predicted octanol–water partition coefficient (Wildman–Crippen LogP) is 4.16. The average molecular weight is 351 g/mol. The number of carbonyl (C=O) groups excluding carboxylic acids is 1. The Balaban J connectivity index is 2.16. The van der Waals surface area contributed by atoms with Gasteiger partial charge in [0.1, 0.15) is 0 Å². The van der Waals surface area contributed by atoms with Crippen molar-refractivity contribution in [2.24, 2.45) is 0 Å². The summed E-state index contributed by atoms with van der Waals surface area (Å²) in [5, 5.41) is 2.89. The van der Waals surface area contributed by atoms with Gasteiger partial charge in [-0.25, -0.2) is 0 Å². The molecule has 0 saturated heterocycles. The molecule has 0 aromatic heterocycles. The third-order valence-corrected chi connectivity index (χ3v) is 3.59. The van der Waals surface area contributed by atoms with Crippen LogP contribution in [0.25, 0.3) is 0 Å². The highest BCUT2D eigenvalue weighted by Gasteiger charge is 2.06. The number of hydrogen-bond acceptors (Lipinski definition) is 1. The summed E-state index contributed by atoms with van der Waals surface area (Å²) in [4.78, 5) is 12.0. The second-order valence-electron chi connectivity index (χ2n) is 4.26. The van der Waals surface area contributed by atoms with Crippen molar-refractivity contribution in [3.63, 3.8) is 0 Å². The number of nitrogens with one attached hydrogen (secondary N) is 1. The molecule has 0 aliphatic rings. The van der Waals surface area contributed by atoms with E-state index in [-0.39, 0.29) is 5.91 Å². The fourth-order valence-corrected chi connectivity index (χ4v) is 1.98.